The molecule has 1 saturated carbocycles. The van der Waals surface area contributed by atoms with Gasteiger partial charge in [-0.15, -0.1) is 0 Å². The van der Waals surface area contributed by atoms with Crippen LogP contribution >= 0.6 is 0 Å². The third-order valence-electron chi connectivity index (χ3n) is 8.71. The number of rotatable bonds is 9. The quantitative estimate of drug-likeness (QED) is 0.296. The molecule has 2 aliphatic heterocycles. The number of hydrogen-bond acceptors (Lipinski definition) is 9. The Morgan fingerprint density at radius 3 is 2.58 bits per heavy atom. The molecule has 0 bridgehead atoms. The predicted octanol–water partition coefficient (Wildman–Crippen LogP) is 2.37. The Labute approximate surface area is 250 Å². The van der Waals surface area contributed by atoms with E-state index in [0.717, 1.165) is 59.6 Å². The monoisotopic (exact) mass is 601 g/mol. The number of piperazine rings is 1. The Bertz CT molecular complexity index is 1790. The lowest BCUT2D eigenvalue weighted by Gasteiger charge is -2.48. The zero-order chi connectivity index (χ0) is 29.8. The Balaban J connectivity index is 1.15. The first kappa shape index (κ1) is 27.7. The first-order valence-corrected chi connectivity index (χ1v) is 16.1. The highest BCUT2D eigenvalue weighted by Gasteiger charge is 2.54. The highest BCUT2D eigenvalue weighted by Crippen LogP contribution is 2.41. The summed E-state index contributed by atoms with van der Waals surface area (Å²) in [6, 6.07) is 14.2. The first-order chi connectivity index (χ1) is 20.7. The highest BCUT2D eigenvalue weighted by atomic mass is 32.2. The van der Waals surface area contributed by atoms with Crippen molar-refractivity contribution in [2.24, 2.45) is 5.73 Å². The van der Waals surface area contributed by atoms with E-state index in [1.165, 1.54) is 4.31 Å². The molecular weight excluding hydrogens is 566 g/mol. The number of primary amides is 1. The first-order valence-electron chi connectivity index (χ1n) is 14.6. The Morgan fingerprint density at radius 1 is 1.07 bits per heavy atom. The molecule has 2 aromatic carbocycles. The average molecular weight is 602 g/mol. The van der Waals surface area contributed by atoms with E-state index in [-0.39, 0.29) is 24.8 Å². The van der Waals surface area contributed by atoms with Crippen LogP contribution in [0.4, 0.5) is 17.3 Å². The maximum Gasteiger partial charge on any atom is 0.227 e. The number of fused-ring (bicyclic) bond motifs is 1. The normalized spacial score (nSPS) is 19.3. The maximum absolute atomic E-state index is 12.8. The number of nitrogens with two attached hydrogens (primary N) is 1. The molecule has 1 amide bonds. The highest BCUT2D eigenvalue weighted by molar-refractivity contribution is 7.90. The number of carbonyl (C=O) groups is 1. The number of carbonyl (C=O) groups excluding carboxylic acids is 1. The van der Waals surface area contributed by atoms with E-state index in [2.05, 4.69) is 44.4 Å². The number of aromatic nitrogens is 4. The molecule has 0 unspecified atom stereocenters. The van der Waals surface area contributed by atoms with Crippen LogP contribution < -0.4 is 16.0 Å². The van der Waals surface area contributed by atoms with Gasteiger partial charge in [-0.3, -0.25) is 9.48 Å². The summed E-state index contributed by atoms with van der Waals surface area (Å²) in [5.74, 6) is -0.0150. The molecule has 43 heavy (non-hydrogen) atoms. The predicted molar refractivity (Wildman–Crippen MR) is 165 cm³/mol. The molecule has 0 atom stereocenters. The standard InChI is InChI=1S/C30H35N9O3S/c1-36-10-12-37(13-11-36)24-6-3-5-23(14-24)34-29-32-16-21-4-2-7-26(28(21)35-29)22-17-33-39(18-22)30(15-27(31)40)19-38(20-30)43(41,42)25-8-9-25/h2-7,14,16-18,25H,8-13,15,19-20H2,1H3,(H2,31,40)(H,32,34,35). The van der Waals surface area contributed by atoms with E-state index in [1.807, 2.05) is 36.5 Å². The second-order valence-corrected chi connectivity index (χ2v) is 14.2. The van der Waals surface area contributed by atoms with Gasteiger partial charge in [0.05, 0.1) is 28.9 Å². The van der Waals surface area contributed by atoms with E-state index in [0.29, 0.717) is 18.8 Å². The Kier molecular flexibility index (Phi) is 6.83. The van der Waals surface area contributed by atoms with Crippen LogP contribution in [0, 0.1) is 0 Å². The van der Waals surface area contributed by atoms with Crippen LogP contribution in [0.1, 0.15) is 19.3 Å². The van der Waals surface area contributed by atoms with Crippen LogP contribution in [0.2, 0.25) is 0 Å². The van der Waals surface area contributed by atoms with Crippen molar-refractivity contribution in [3.05, 3.63) is 61.1 Å². The van der Waals surface area contributed by atoms with Gasteiger partial charge < -0.3 is 20.9 Å². The summed E-state index contributed by atoms with van der Waals surface area (Å²) in [7, 11) is -1.20. The summed E-state index contributed by atoms with van der Waals surface area (Å²) in [6.45, 7) is 4.39. The summed E-state index contributed by atoms with van der Waals surface area (Å²) < 4.78 is 28.7. The molecule has 0 radical (unpaired) electrons. The molecular formula is C30H35N9O3S. The minimum absolute atomic E-state index is 0.00375. The molecule has 2 saturated heterocycles. The minimum Gasteiger partial charge on any atom is -0.370 e. The number of amides is 1. The van der Waals surface area contributed by atoms with Crippen molar-refractivity contribution in [2.45, 2.75) is 30.1 Å². The van der Waals surface area contributed by atoms with E-state index in [9.17, 15) is 13.2 Å². The molecule has 3 fully saturated rings. The molecule has 3 N–H and O–H groups in total. The van der Waals surface area contributed by atoms with Crippen LogP contribution in [0.3, 0.4) is 0 Å². The minimum atomic E-state index is -3.35. The van der Waals surface area contributed by atoms with E-state index < -0.39 is 21.5 Å². The van der Waals surface area contributed by atoms with Crippen molar-refractivity contribution >= 4 is 44.2 Å². The molecule has 1 aliphatic carbocycles. The van der Waals surface area contributed by atoms with Gasteiger partial charge in [0, 0.05) is 79.6 Å². The van der Waals surface area contributed by atoms with Crippen LogP contribution in [0.15, 0.2) is 61.1 Å². The van der Waals surface area contributed by atoms with Crippen LogP contribution in [-0.2, 0) is 20.4 Å². The van der Waals surface area contributed by atoms with E-state index in [4.69, 9.17) is 10.7 Å². The molecule has 2 aromatic heterocycles. The lowest BCUT2D eigenvalue weighted by atomic mass is 9.88. The number of nitrogens with one attached hydrogen (secondary N) is 1. The zero-order valence-corrected chi connectivity index (χ0v) is 24.9. The van der Waals surface area contributed by atoms with Crippen molar-refractivity contribution in [3.63, 3.8) is 0 Å². The maximum atomic E-state index is 12.8. The topological polar surface area (TPSA) is 143 Å². The second-order valence-electron chi connectivity index (χ2n) is 12.0. The van der Waals surface area contributed by atoms with Crippen LogP contribution in [0.25, 0.3) is 22.0 Å². The van der Waals surface area contributed by atoms with Crippen molar-refractivity contribution in [3.8, 4) is 11.1 Å². The van der Waals surface area contributed by atoms with E-state index in [1.54, 1.807) is 17.1 Å². The number of nitrogens with zero attached hydrogens (tertiary/aromatic N) is 7. The fraction of sp³-hybridized carbons (Fsp3) is 0.400. The second kappa shape index (κ2) is 10.6. The molecule has 3 aliphatic rings. The average Bonchev–Trinajstić information content (AvgIpc) is 3.73. The number of likely N-dealkylation sites (N-methyl/N-ethyl adjacent to an activating group) is 1. The number of sulfonamides is 1. The number of hydrogen-bond donors (Lipinski definition) is 2. The van der Waals surface area contributed by atoms with Crippen LogP contribution in [-0.4, -0.2) is 94.8 Å². The number of anilines is 3. The molecule has 224 valence electrons. The van der Waals surface area contributed by atoms with Crippen molar-refractivity contribution < 1.29 is 13.2 Å². The Hall–Kier alpha value is -4.07. The van der Waals surface area contributed by atoms with Gasteiger partial charge in [0.15, 0.2) is 0 Å². The van der Waals surface area contributed by atoms with Gasteiger partial charge in [0.25, 0.3) is 0 Å². The zero-order valence-electron chi connectivity index (χ0n) is 24.1. The fourth-order valence-electron chi connectivity index (χ4n) is 6.07. The van der Waals surface area contributed by atoms with Gasteiger partial charge in [-0.05, 0) is 38.1 Å². The van der Waals surface area contributed by atoms with Gasteiger partial charge in [-0.25, -0.2) is 18.4 Å². The summed E-state index contributed by atoms with van der Waals surface area (Å²) in [5.41, 5.74) is 9.28. The van der Waals surface area contributed by atoms with Gasteiger partial charge in [0.2, 0.25) is 21.9 Å². The van der Waals surface area contributed by atoms with E-state index >= 15 is 0 Å². The van der Waals surface area contributed by atoms with Gasteiger partial charge >= 0.3 is 0 Å². The summed E-state index contributed by atoms with van der Waals surface area (Å²) in [5, 5.41) is 8.53. The van der Waals surface area contributed by atoms with Crippen molar-refractivity contribution in [2.75, 3.05) is 56.5 Å². The fourth-order valence-corrected chi connectivity index (χ4v) is 8.07. The number of benzene rings is 2. The van der Waals surface area contributed by atoms with Crippen molar-refractivity contribution in [1.29, 1.82) is 0 Å². The summed E-state index contributed by atoms with van der Waals surface area (Å²) in [6.07, 6.45) is 6.76. The largest absolute Gasteiger partial charge is 0.370 e. The lowest BCUT2D eigenvalue weighted by molar-refractivity contribution is -0.122. The van der Waals surface area contributed by atoms with Crippen molar-refractivity contribution in [1.82, 2.24) is 29.0 Å². The molecule has 7 rings (SSSR count). The van der Waals surface area contributed by atoms with Gasteiger partial charge in [-0.2, -0.15) is 9.40 Å². The summed E-state index contributed by atoms with van der Waals surface area (Å²) >= 11 is 0. The smallest absolute Gasteiger partial charge is 0.227 e. The molecule has 4 heterocycles. The number of para-hydroxylation sites is 1. The van der Waals surface area contributed by atoms with Gasteiger partial charge in [0.1, 0.15) is 0 Å². The molecule has 13 heteroatoms. The molecule has 0 spiro atoms. The Morgan fingerprint density at radius 2 is 1.84 bits per heavy atom. The lowest BCUT2D eigenvalue weighted by Crippen LogP contribution is -2.65. The van der Waals surface area contributed by atoms with Crippen LogP contribution in [0.5, 0.6) is 0 Å². The third kappa shape index (κ3) is 5.32. The van der Waals surface area contributed by atoms with Gasteiger partial charge in [-0.1, -0.05) is 24.3 Å². The summed E-state index contributed by atoms with van der Waals surface area (Å²) in [4.78, 5) is 26.2. The SMILES string of the molecule is CN1CCN(c2cccc(Nc3ncc4cccc(-c5cnn(C6(CC(N)=O)CN(S(=O)(=O)C7CC7)C6)c5)c4n3)c2)CC1. The third-order valence-corrected chi connectivity index (χ3v) is 11.0. The molecule has 12 nitrogen and oxygen atoms in total. The molecule has 4 aromatic rings.